The molecule has 0 aliphatic heterocycles. The van der Waals surface area contributed by atoms with Crippen LogP contribution in [0.15, 0.2) is 77.8 Å². The summed E-state index contributed by atoms with van der Waals surface area (Å²) in [7, 11) is -4.03. The van der Waals surface area contributed by atoms with Gasteiger partial charge in [-0.3, -0.25) is 4.98 Å². The van der Waals surface area contributed by atoms with E-state index in [-0.39, 0.29) is 27.4 Å². The molecule has 0 spiro atoms. The number of aromatic nitrogens is 3. The van der Waals surface area contributed by atoms with Gasteiger partial charge in [0.05, 0.1) is 21.8 Å². The zero-order valence-electron chi connectivity index (χ0n) is 17.8. The van der Waals surface area contributed by atoms with E-state index in [1.54, 1.807) is 0 Å². The largest absolute Gasteiger partial charge is 0.433 e. The van der Waals surface area contributed by atoms with Crippen molar-refractivity contribution in [2.24, 2.45) is 5.14 Å². The molecule has 0 bridgehead atoms. The molecule has 186 valence electrons. The van der Waals surface area contributed by atoms with E-state index in [2.05, 4.69) is 15.0 Å². The number of pyridine rings is 1. The minimum absolute atomic E-state index is 0.0698. The summed E-state index contributed by atoms with van der Waals surface area (Å²) < 4.78 is 104. The lowest BCUT2D eigenvalue weighted by Gasteiger charge is -2.13. The molecule has 2 heterocycles. The molecule has 4 aromatic rings. The second-order valence-electron chi connectivity index (χ2n) is 7.54. The molecule has 4 rings (SSSR count). The van der Waals surface area contributed by atoms with Crippen LogP contribution in [-0.4, -0.2) is 23.4 Å². The van der Waals surface area contributed by atoms with Crippen LogP contribution in [-0.2, 0) is 22.4 Å². The molecule has 6 nitrogen and oxygen atoms in total. The lowest BCUT2D eigenvalue weighted by molar-refractivity contribution is -0.141. The van der Waals surface area contributed by atoms with Crippen LogP contribution in [0.5, 0.6) is 0 Å². The topological polar surface area (TPSA) is 98.8 Å². The summed E-state index contributed by atoms with van der Waals surface area (Å²) in [4.78, 5) is 11.6. The smallest absolute Gasteiger partial charge is 0.256 e. The maximum atomic E-state index is 13.6. The van der Waals surface area contributed by atoms with Crippen LogP contribution in [0.1, 0.15) is 11.3 Å². The fourth-order valence-electron chi connectivity index (χ4n) is 3.28. The molecule has 2 N–H and O–H groups in total. The van der Waals surface area contributed by atoms with Gasteiger partial charge >= 0.3 is 12.4 Å². The summed E-state index contributed by atoms with van der Waals surface area (Å²) >= 11 is 0. The average molecular weight is 524 g/mol. The molecule has 0 radical (unpaired) electrons. The van der Waals surface area contributed by atoms with Crippen molar-refractivity contribution in [1.82, 2.24) is 15.0 Å². The van der Waals surface area contributed by atoms with Gasteiger partial charge in [0.15, 0.2) is 5.82 Å². The highest BCUT2D eigenvalue weighted by atomic mass is 32.2. The van der Waals surface area contributed by atoms with Gasteiger partial charge in [-0.1, -0.05) is 24.3 Å². The van der Waals surface area contributed by atoms with Gasteiger partial charge in [-0.25, -0.2) is 23.5 Å². The summed E-state index contributed by atoms with van der Waals surface area (Å²) in [6.45, 7) is 0. The molecule has 0 atom stereocenters. The molecule has 36 heavy (non-hydrogen) atoms. The molecular weight excluding hydrogens is 510 g/mol. The van der Waals surface area contributed by atoms with Crippen LogP contribution in [0.25, 0.3) is 33.9 Å². The Balaban J connectivity index is 1.86. The Bertz CT molecular complexity index is 1550. The number of hydrogen-bond acceptors (Lipinski definition) is 5. The first-order chi connectivity index (χ1) is 16.7. The van der Waals surface area contributed by atoms with E-state index in [9.17, 15) is 34.8 Å². The van der Waals surface area contributed by atoms with Gasteiger partial charge in [0, 0.05) is 22.9 Å². The Kier molecular flexibility index (Phi) is 6.31. The number of halogens is 6. The molecule has 13 heteroatoms. The van der Waals surface area contributed by atoms with Gasteiger partial charge in [-0.15, -0.1) is 0 Å². The molecule has 0 fully saturated rings. The molecule has 0 aliphatic carbocycles. The van der Waals surface area contributed by atoms with Crippen molar-refractivity contribution in [3.63, 3.8) is 0 Å². The van der Waals surface area contributed by atoms with Crippen LogP contribution in [0, 0.1) is 0 Å². The van der Waals surface area contributed by atoms with Crippen LogP contribution >= 0.6 is 0 Å². The quantitative estimate of drug-likeness (QED) is 0.353. The molecule has 0 saturated heterocycles. The number of rotatable bonds is 4. The predicted octanol–water partition coefficient (Wildman–Crippen LogP) is 5.56. The monoisotopic (exact) mass is 524 g/mol. The minimum Gasteiger partial charge on any atom is -0.256 e. The van der Waals surface area contributed by atoms with Crippen molar-refractivity contribution in [2.75, 3.05) is 0 Å². The van der Waals surface area contributed by atoms with Gasteiger partial charge in [-0.2, -0.15) is 26.3 Å². The third-order valence-electron chi connectivity index (χ3n) is 4.98. The Morgan fingerprint density at radius 3 is 2.00 bits per heavy atom. The van der Waals surface area contributed by atoms with Gasteiger partial charge in [0.25, 0.3) is 0 Å². The summed E-state index contributed by atoms with van der Waals surface area (Å²) in [5, 5.41) is 5.15. The zero-order chi connectivity index (χ0) is 26.3. The van der Waals surface area contributed by atoms with E-state index >= 15 is 0 Å². The molecule has 0 unspecified atom stereocenters. The Morgan fingerprint density at radius 2 is 1.36 bits per heavy atom. The Morgan fingerprint density at radius 1 is 0.694 bits per heavy atom. The molecular formula is C23H14F6N4O2S. The number of primary sulfonamides is 1. The average Bonchev–Trinajstić information content (AvgIpc) is 2.82. The zero-order valence-corrected chi connectivity index (χ0v) is 18.7. The summed E-state index contributed by atoms with van der Waals surface area (Å²) in [5.41, 5.74) is -2.40. The van der Waals surface area contributed by atoms with Crippen molar-refractivity contribution in [3.8, 4) is 33.9 Å². The highest BCUT2D eigenvalue weighted by Crippen LogP contribution is 2.35. The highest BCUT2D eigenvalue weighted by Gasteiger charge is 2.35. The summed E-state index contributed by atoms with van der Waals surface area (Å²) in [6.07, 6.45) is -8.36. The SMILES string of the molecule is NS(=O)(=O)c1cccc(-c2cc(-c3nc(-c4cccc(C(F)(F)F)c4)cc(C(F)(F)F)n3)ccn2)c1. The lowest BCUT2D eigenvalue weighted by atomic mass is 10.1. The maximum Gasteiger partial charge on any atom is 0.433 e. The normalized spacial score (nSPS) is 12.5. The standard InChI is InChI=1S/C23H14F6N4O2S/c24-22(25,26)16-5-1-3-13(9-16)19-12-20(23(27,28)29)33-21(32-19)15-7-8-31-18(11-15)14-4-2-6-17(10-14)36(30,34)35/h1-12H,(H2,30,34,35). The van der Waals surface area contributed by atoms with E-state index in [1.807, 2.05) is 0 Å². The van der Waals surface area contributed by atoms with Crippen LogP contribution < -0.4 is 5.14 Å². The van der Waals surface area contributed by atoms with E-state index in [0.29, 0.717) is 17.7 Å². The van der Waals surface area contributed by atoms with Crippen molar-refractivity contribution in [3.05, 3.63) is 84.2 Å². The molecule has 2 aromatic heterocycles. The van der Waals surface area contributed by atoms with Gasteiger partial charge in [0.2, 0.25) is 10.0 Å². The van der Waals surface area contributed by atoms with Crippen molar-refractivity contribution in [1.29, 1.82) is 0 Å². The van der Waals surface area contributed by atoms with Crippen LogP contribution in [0.2, 0.25) is 0 Å². The number of nitrogens with two attached hydrogens (primary N) is 1. The number of hydrogen-bond donors (Lipinski definition) is 1. The van der Waals surface area contributed by atoms with Gasteiger partial charge in [-0.05, 0) is 42.5 Å². The number of sulfonamides is 1. The number of benzene rings is 2. The van der Waals surface area contributed by atoms with Gasteiger partial charge < -0.3 is 0 Å². The van der Waals surface area contributed by atoms with Crippen LogP contribution in [0.4, 0.5) is 26.3 Å². The van der Waals surface area contributed by atoms with Crippen LogP contribution in [0.3, 0.4) is 0 Å². The Labute approximate surface area is 200 Å². The minimum atomic E-state index is -4.91. The number of nitrogens with zero attached hydrogens (tertiary/aromatic N) is 3. The predicted molar refractivity (Wildman–Crippen MR) is 118 cm³/mol. The van der Waals surface area contributed by atoms with E-state index in [0.717, 1.165) is 12.1 Å². The first-order valence-electron chi connectivity index (χ1n) is 9.95. The van der Waals surface area contributed by atoms with E-state index in [1.165, 1.54) is 48.7 Å². The fourth-order valence-corrected chi connectivity index (χ4v) is 3.84. The molecule has 0 aliphatic rings. The summed E-state index contributed by atoms with van der Waals surface area (Å²) in [6, 6.07) is 12.4. The maximum absolute atomic E-state index is 13.6. The van der Waals surface area contributed by atoms with Gasteiger partial charge in [0.1, 0.15) is 5.69 Å². The molecule has 0 saturated carbocycles. The van der Waals surface area contributed by atoms with E-state index < -0.39 is 39.5 Å². The highest BCUT2D eigenvalue weighted by molar-refractivity contribution is 7.89. The van der Waals surface area contributed by atoms with Crippen molar-refractivity contribution in [2.45, 2.75) is 17.2 Å². The summed E-state index contributed by atoms with van der Waals surface area (Å²) in [5.74, 6) is -0.413. The first kappa shape index (κ1) is 25.3. The second kappa shape index (κ2) is 8.99. The first-order valence-corrected chi connectivity index (χ1v) is 11.5. The fraction of sp³-hybridized carbons (Fsp3) is 0.0870. The second-order valence-corrected chi connectivity index (χ2v) is 9.10. The number of alkyl halides is 6. The Hall–Kier alpha value is -3.84. The molecule has 0 amide bonds. The third kappa shape index (κ3) is 5.52. The van der Waals surface area contributed by atoms with Crippen molar-refractivity contribution >= 4 is 10.0 Å². The molecule has 2 aromatic carbocycles. The van der Waals surface area contributed by atoms with Crippen molar-refractivity contribution < 1.29 is 34.8 Å². The third-order valence-corrected chi connectivity index (χ3v) is 5.89. The van der Waals surface area contributed by atoms with E-state index in [4.69, 9.17) is 5.14 Å². The lowest BCUT2D eigenvalue weighted by Crippen LogP contribution is -2.12.